The van der Waals surface area contributed by atoms with Gasteiger partial charge in [0.25, 0.3) is 10.0 Å². The Morgan fingerprint density at radius 3 is 2.52 bits per heavy atom. The highest BCUT2D eigenvalue weighted by molar-refractivity contribution is 7.90. The number of hydrogen-bond acceptors (Lipinski definition) is 6. The molecule has 4 heterocycles. The third kappa shape index (κ3) is 3.35. The molecule has 1 aromatic rings. The fourth-order valence-electron chi connectivity index (χ4n) is 4.82. The summed E-state index contributed by atoms with van der Waals surface area (Å²) in [7, 11) is -3.69. The largest absolute Gasteiger partial charge is 0.350 e. The first kappa shape index (κ1) is 19.0. The van der Waals surface area contributed by atoms with E-state index in [4.69, 9.17) is 9.47 Å². The standard InChI is InChI=1S/C20H25N3O5S/c24-19(22-10-7-14(8-11-22)20-27-12-13-28-20)16-5-3-9-23(16)18-15-4-1-2-6-17(15)29(25,26)21-18/h1-2,4,6,14,16,20H,3,5,7-13H2/t16-/m0/s1. The average Bonchev–Trinajstić information content (AvgIpc) is 3.48. The first-order valence-electron chi connectivity index (χ1n) is 10.3. The lowest BCUT2D eigenvalue weighted by Crippen LogP contribution is -2.50. The van der Waals surface area contributed by atoms with Gasteiger partial charge < -0.3 is 19.3 Å². The van der Waals surface area contributed by atoms with E-state index in [2.05, 4.69) is 4.40 Å². The molecule has 1 aromatic carbocycles. The van der Waals surface area contributed by atoms with Crippen LogP contribution in [0.5, 0.6) is 0 Å². The van der Waals surface area contributed by atoms with Gasteiger partial charge in [0.15, 0.2) is 12.1 Å². The summed E-state index contributed by atoms with van der Waals surface area (Å²) in [6, 6.07) is 6.49. The molecule has 0 spiro atoms. The van der Waals surface area contributed by atoms with Crippen molar-refractivity contribution in [3.63, 3.8) is 0 Å². The molecule has 4 aliphatic rings. The summed E-state index contributed by atoms with van der Waals surface area (Å²) in [6.45, 7) is 3.29. The molecule has 0 bridgehead atoms. The molecule has 8 nitrogen and oxygen atoms in total. The molecular weight excluding hydrogens is 394 g/mol. The maximum atomic E-state index is 13.3. The number of carbonyl (C=O) groups is 1. The molecule has 1 amide bonds. The van der Waals surface area contributed by atoms with Crippen LogP contribution < -0.4 is 0 Å². The molecule has 4 aliphatic heterocycles. The number of likely N-dealkylation sites (tertiary alicyclic amines) is 2. The van der Waals surface area contributed by atoms with Crippen molar-refractivity contribution in [2.75, 3.05) is 32.8 Å². The van der Waals surface area contributed by atoms with Gasteiger partial charge in [-0.2, -0.15) is 8.42 Å². The Morgan fingerprint density at radius 1 is 1.03 bits per heavy atom. The summed E-state index contributed by atoms with van der Waals surface area (Å²) >= 11 is 0. The molecule has 0 aliphatic carbocycles. The van der Waals surface area contributed by atoms with Crippen LogP contribution in [0.1, 0.15) is 31.2 Å². The van der Waals surface area contributed by atoms with E-state index in [1.165, 1.54) is 0 Å². The zero-order valence-electron chi connectivity index (χ0n) is 16.2. The molecule has 0 aromatic heterocycles. The topological polar surface area (TPSA) is 88.5 Å². The van der Waals surface area contributed by atoms with E-state index in [-0.39, 0.29) is 23.1 Å². The predicted octanol–water partition coefficient (Wildman–Crippen LogP) is 1.21. The molecule has 9 heteroatoms. The number of piperidine rings is 1. The second-order valence-electron chi connectivity index (χ2n) is 8.01. The fourth-order valence-corrected chi connectivity index (χ4v) is 6.04. The second-order valence-corrected chi connectivity index (χ2v) is 9.58. The summed E-state index contributed by atoms with van der Waals surface area (Å²) in [5, 5.41) is 0. The monoisotopic (exact) mass is 419 g/mol. The van der Waals surface area contributed by atoms with Gasteiger partial charge in [-0.3, -0.25) is 4.79 Å². The van der Waals surface area contributed by atoms with E-state index in [0.29, 0.717) is 50.2 Å². The molecule has 0 unspecified atom stereocenters. The number of fused-ring (bicyclic) bond motifs is 1. The number of hydrogen-bond donors (Lipinski definition) is 0. The zero-order chi connectivity index (χ0) is 20.0. The Hall–Kier alpha value is -1.97. The van der Waals surface area contributed by atoms with E-state index in [1.807, 2.05) is 9.80 Å². The van der Waals surface area contributed by atoms with Crippen molar-refractivity contribution in [2.24, 2.45) is 10.3 Å². The lowest BCUT2D eigenvalue weighted by molar-refractivity contribution is -0.140. The van der Waals surface area contributed by atoms with Gasteiger partial charge in [-0.15, -0.1) is 4.40 Å². The van der Waals surface area contributed by atoms with Gasteiger partial charge >= 0.3 is 0 Å². The van der Waals surface area contributed by atoms with Gasteiger partial charge in [-0.1, -0.05) is 12.1 Å². The van der Waals surface area contributed by atoms with Crippen molar-refractivity contribution in [2.45, 2.75) is 42.9 Å². The number of ether oxygens (including phenoxy) is 2. The van der Waals surface area contributed by atoms with Gasteiger partial charge in [0, 0.05) is 31.1 Å². The molecule has 3 fully saturated rings. The number of amides is 1. The van der Waals surface area contributed by atoms with Crippen LogP contribution in [0.4, 0.5) is 0 Å². The lowest BCUT2D eigenvalue weighted by atomic mass is 9.95. The summed E-state index contributed by atoms with van der Waals surface area (Å²) in [5.74, 6) is 0.815. The Bertz CT molecular complexity index is 933. The van der Waals surface area contributed by atoms with E-state index in [9.17, 15) is 13.2 Å². The first-order chi connectivity index (χ1) is 14.0. The maximum Gasteiger partial charge on any atom is 0.285 e. The van der Waals surface area contributed by atoms with Gasteiger partial charge in [0.2, 0.25) is 5.91 Å². The normalized spacial score (nSPS) is 27.3. The molecule has 156 valence electrons. The minimum atomic E-state index is -3.69. The van der Waals surface area contributed by atoms with Crippen molar-refractivity contribution in [3.05, 3.63) is 29.8 Å². The Kier molecular flexibility index (Phi) is 4.84. The highest BCUT2D eigenvalue weighted by atomic mass is 32.2. The minimum absolute atomic E-state index is 0.0682. The SMILES string of the molecule is O=C([C@@H]1CCCN1C1=NS(=O)(=O)c2ccccc21)N1CCC(C2OCCO2)CC1. The molecule has 0 radical (unpaired) electrons. The Balaban J connectivity index is 1.31. The van der Waals surface area contributed by atoms with Crippen molar-refractivity contribution in [1.29, 1.82) is 0 Å². The third-order valence-corrected chi connectivity index (χ3v) is 7.63. The van der Waals surface area contributed by atoms with Crippen LogP contribution in [-0.4, -0.2) is 75.1 Å². The highest BCUT2D eigenvalue weighted by Gasteiger charge is 2.41. The van der Waals surface area contributed by atoms with E-state index < -0.39 is 10.0 Å². The van der Waals surface area contributed by atoms with Gasteiger partial charge in [-0.05, 0) is 37.8 Å². The zero-order valence-corrected chi connectivity index (χ0v) is 17.0. The highest BCUT2D eigenvalue weighted by Crippen LogP contribution is 2.32. The summed E-state index contributed by atoms with van der Waals surface area (Å²) in [4.78, 5) is 17.3. The molecule has 5 rings (SSSR count). The Morgan fingerprint density at radius 2 is 1.76 bits per heavy atom. The average molecular weight is 420 g/mol. The van der Waals surface area contributed by atoms with Crippen LogP contribution in [0.25, 0.3) is 0 Å². The van der Waals surface area contributed by atoms with Crippen LogP contribution in [0, 0.1) is 5.92 Å². The molecular formula is C20H25N3O5S. The van der Waals surface area contributed by atoms with Crippen LogP contribution in [0.3, 0.4) is 0 Å². The number of sulfonamides is 1. The van der Waals surface area contributed by atoms with Gasteiger partial charge in [0.1, 0.15) is 10.9 Å². The fraction of sp³-hybridized carbons (Fsp3) is 0.600. The molecule has 0 saturated carbocycles. The van der Waals surface area contributed by atoms with Crippen molar-refractivity contribution < 1.29 is 22.7 Å². The summed E-state index contributed by atoms with van der Waals surface area (Å²) in [5.41, 5.74) is 0.599. The maximum absolute atomic E-state index is 13.3. The van der Waals surface area contributed by atoms with Crippen LogP contribution >= 0.6 is 0 Å². The number of rotatable bonds is 2. The number of benzene rings is 1. The van der Waals surface area contributed by atoms with Crippen LogP contribution in [0.2, 0.25) is 0 Å². The molecule has 0 N–H and O–H groups in total. The van der Waals surface area contributed by atoms with E-state index in [1.54, 1.807) is 24.3 Å². The van der Waals surface area contributed by atoms with Gasteiger partial charge in [0.05, 0.1) is 13.2 Å². The third-order valence-electron chi connectivity index (χ3n) is 6.31. The predicted molar refractivity (Wildman–Crippen MR) is 105 cm³/mol. The number of amidine groups is 1. The van der Waals surface area contributed by atoms with Crippen LogP contribution in [0.15, 0.2) is 33.6 Å². The quantitative estimate of drug-likeness (QED) is 0.716. The van der Waals surface area contributed by atoms with Gasteiger partial charge in [-0.25, -0.2) is 0 Å². The molecule has 1 atom stereocenters. The van der Waals surface area contributed by atoms with Crippen molar-refractivity contribution >= 4 is 21.8 Å². The lowest BCUT2D eigenvalue weighted by Gasteiger charge is -2.37. The smallest absolute Gasteiger partial charge is 0.285 e. The summed E-state index contributed by atoms with van der Waals surface area (Å²) < 4.78 is 40.1. The van der Waals surface area contributed by atoms with E-state index >= 15 is 0 Å². The van der Waals surface area contributed by atoms with E-state index in [0.717, 1.165) is 25.7 Å². The molecule has 29 heavy (non-hydrogen) atoms. The summed E-state index contributed by atoms with van der Waals surface area (Å²) in [6.07, 6.45) is 3.15. The molecule has 3 saturated heterocycles. The Labute approximate surface area is 170 Å². The number of nitrogens with zero attached hydrogens (tertiary/aromatic N) is 3. The second kappa shape index (κ2) is 7.37. The first-order valence-corrected chi connectivity index (χ1v) is 11.7. The number of carbonyl (C=O) groups excluding carboxylic acids is 1. The van der Waals surface area contributed by atoms with Crippen molar-refractivity contribution in [3.8, 4) is 0 Å². The van der Waals surface area contributed by atoms with Crippen molar-refractivity contribution in [1.82, 2.24) is 9.80 Å². The van der Waals surface area contributed by atoms with Crippen LogP contribution in [-0.2, 0) is 24.3 Å². The minimum Gasteiger partial charge on any atom is -0.350 e.